The van der Waals surface area contributed by atoms with Crippen molar-refractivity contribution in [1.29, 1.82) is 0 Å². The van der Waals surface area contributed by atoms with E-state index in [-0.39, 0.29) is 21.4 Å². The summed E-state index contributed by atoms with van der Waals surface area (Å²) in [5.74, 6) is 0.417. The molecule has 1 amide bonds. The van der Waals surface area contributed by atoms with Crippen molar-refractivity contribution in [2.45, 2.75) is 18.0 Å². The molecule has 0 aliphatic carbocycles. The molecule has 8 heteroatoms. The third kappa shape index (κ3) is 5.85. The van der Waals surface area contributed by atoms with Crippen LogP contribution in [0.3, 0.4) is 0 Å². The molecule has 0 atom stereocenters. The number of benzene rings is 3. The molecular formula is C23H23ClN2O4S. The van der Waals surface area contributed by atoms with Gasteiger partial charge in [0.15, 0.2) is 0 Å². The minimum atomic E-state index is -3.75. The highest BCUT2D eigenvalue weighted by atomic mass is 35.5. The van der Waals surface area contributed by atoms with Gasteiger partial charge in [-0.05, 0) is 41.5 Å². The summed E-state index contributed by atoms with van der Waals surface area (Å²) in [5.41, 5.74) is 2.14. The lowest BCUT2D eigenvalue weighted by atomic mass is 10.1. The van der Waals surface area contributed by atoms with Crippen molar-refractivity contribution in [2.24, 2.45) is 0 Å². The standard InChI is InChI=1S/C23H23ClN2O4S/c1-26(2)31(28,29)22-14-19(12-13-21(22)24)23(27)25-15-17-8-10-18(11-9-17)16-30-20-6-4-3-5-7-20/h3-14H,15-16H2,1-2H3,(H,25,27). The summed E-state index contributed by atoms with van der Waals surface area (Å²) in [7, 11) is -0.932. The van der Waals surface area contributed by atoms with E-state index in [1.165, 1.54) is 32.3 Å². The van der Waals surface area contributed by atoms with Gasteiger partial charge in [0.2, 0.25) is 10.0 Å². The van der Waals surface area contributed by atoms with Gasteiger partial charge in [0.1, 0.15) is 17.3 Å². The predicted molar refractivity (Wildman–Crippen MR) is 121 cm³/mol. The van der Waals surface area contributed by atoms with E-state index in [9.17, 15) is 13.2 Å². The number of hydrogen-bond acceptors (Lipinski definition) is 4. The largest absolute Gasteiger partial charge is 0.489 e. The average Bonchev–Trinajstić information content (AvgIpc) is 2.77. The van der Waals surface area contributed by atoms with E-state index in [1.54, 1.807) is 0 Å². The molecule has 0 aliphatic rings. The molecule has 0 unspecified atom stereocenters. The number of para-hydroxylation sites is 1. The normalized spacial score (nSPS) is 11.4. The van der Waals surface area contributed by atoms with Gasteiger partial charge in [-0.2, -0.15) is 0 Å². The third-order valence-corrected chi connectivity index (χ3v) is 6.87. The van der Waals surface area contributed by atoms with E-state index in [2.05, 4.69) is 5.32 Å². The number of ether oxygens (including phenoxy) is 1. The molecule has 162 valence electrons. The summed E-state index contributed by atoms with van der Waals surface area (Å²) in [4.78, 5) is 12.4. The molecule has 0 aliphatic heterocycles. The Morgan fingerprint density at radius 3 is 2.26 bits per heavy atom. The van der Waals surface area contributed by atoms with Gasteiger partial charge in [0.05, 0.1) is 5.02 Å². The first kappa shape index (κ1) is 22.8. The second-order valence-corrected chi connectivity index (χ2v) is 9.56. The van der Waals surface area contributed by atoms with Gasteiger partial charge in [0, 0.05) is 26.2 Å². The van der Waals surface area contributed by atoms with Crippen LogP contribution in [-0.4, -0.2) is 32.7 Å². The number of rotatable bonds is 8. The fourth-order valence-electron chi connectivity index (χ4n) is 2.76. The van der Waals surface area contributed by atoms with Crippen LogP contribution in [0.15, 0.2) is 77.7 Å². The average molecular weight is 459 g/mol. The predicted octanol–water partition coefficient (Wildman–Crippen LogP) is 4.10. The molecule has 0 fully saturated rings. The maximum atomic E-state index is 12.5. The van der Waals surface area contributed by atoms with Gasteiger partial charge < -0.3 is 10.1 Å². The lowest BCUT2D eigenvalue weighted by Gasteiger charge is -2.14. The molecule has 3 aromatic rings. The molecule has 0 aromatic heterocycles. The van der Waals surface area contributed by atoms with Gasteiger partial charge >= 0.3 is 0 Å². The van der Waals surface area contributed by atoms with Crippen LogP contribution < -0.4 is 10.1 Å². The zero-order valence-electron chi connectivity index (χ0n) is 17.2. The number of nitrogens with one attached hydrogen (secondary N) is 1. The van der Waals surface area contributed by atoms with Crippen molar-refractivity contribution in [2.75, 3.05) is 14.1 Å². The molecule has 0 saturated carbocycles. The first-order valence-electron chi connectivity index (χ1n) is 9.53. The van der Waals surface area contributed by atoms with E-state index in [4.69, 9.17) is 16.3 Å². The van der Waals surface area contributed by atoms with E-state index in [1.807, 2.05) is 54.6 Å². The second-order valence-electron chi connectivity index (χ2n) is 7.03. The van der Waals surface area contributed by atoms with E-state index in [0.717, 1.165) is 21.2 Å². The van der Waals surface area contributed by atoms with Gasteiger partial charge in [-0.25, -0.2) is 12.7 Å². The number of carbonyl (C=O) groups is 1. The Balaban J connectivity index is 1.61. The molecule has 6 nitrogen and oxygen atoms in total. The van der Waals surface area contributed by atoms with Crippen LogP contribution in [-0.2, 0) is 23.2 Å². The topological polar surface area (TPSA) is 75.7 Å². The van der Waals surface area contributed by atoms with Crippen LogP contribution in [0.5, 0.6) is 5.75 Å². The van der Waals surface area contributed by atoms with Crippen molar-refractivity contribution in [1.82, 2.24) is 9.62 Å². The minimum Gasteiger partial charge on any atom is -0.489 e. The van der Waals surface area contributed by atoms with Crippen LogP contribution in [0, 0.1) is 0 Å². The van der Waals surface area contributed by atoms with E-state index >= 15 is 0 Å². The summed E-state index contributed by atoms with van der Waals surface area (Å²) in [5, 5.41) is 2.87. The molecule has 0 bridgehead atoms. The highest BCUT2D eigenvalue weighted by Gasteiger charge is 2.22. The van der Waals surface area contributed by atoms with Crippen molar-refractivity contribution < 1.29 is 17.9 Å². The van der Waals surface area contributed by atoms with Gasteiger partial charge in [0.25, 0.3) is 5.91 Å². The molecule has 31 heavy (non-hydrogen) atoms. The maximum Gasteiger partial charge on any atom is 0.251 e. The van der Waals surface area contributed by atoms with Crippen molar-refractivity contribution >= 4 is 27.5 Å². The Hall–Kier alpha value is -2.87. The van der Waals surface area contributed by atoms with Crippen molar-refractivity contribution in [3.63, 3.8) is 0 Å². The second kappa shape index (κ2) is 9.96. The van der Waals surface area contributed by atoms with Crippen LogP contribution >= 0.6 is 11.6 Å². The van der Waals surface area contributed by atoms with Crippen LogP contribution in [0.2, 0.25) is 5.02 Å². The van der Waals surface area contributed by atoms with Crippen LogP contribution in [0.1, 0.15) is 21.5 Å². The summed E-state index contributed by atoms with van der Waals surface area (Å²) in [6.07, 6.45) is 0. The SMILES string of the molecule is CN(C)S(=O)(=O)c1cc(C(=O)NCc2ccc(COc3ccccc3)cc2)ccc1Cl. The number of nitrogens with zero attached hydrogens (tertiary/aromatic N) is 1. The monoisotopic (exact) mass is 458 g/mol. The summed E-state index contributed by atoms with van der Waals surface area (Å²) >= 11 is 6.03. The molecule has 1 N–H and O–H groups in total. The fourth-order valence-corrected chi connectivity index (χ4v) is 4.15. The summed E-state index contributed by atoms with van der Waals surface area (Å²) < 4.78 is 31.5. The minimum absolute atomic E-state index is 0.0681. The number of carbonyl (C=O) groups excluding carboxylic acids is 1. The third-order valence-electron chi connectivity index (χ3n) is 4.58. The molecular weight excluding hydrogens is 436 g/mol. The number of halogens is 1. The van der Waals surface area contributed by atoms with Crippen molar-refractivity contribution in [3.05, 3.63) is 94.5 Å². The van der Waals surface area contributed by atoms with Crippen LogP contribution in [0.25, 0.3) is 0 Å². The Morgan fingerprint density at radius 1 is 0.968 bits per heavy atom. The lowest BCUT2D eigenvalue weighted by Crippen LogP contribution is -2.25. The molecule has 0 radical (unpaired) electrons. The summed E-state index contributed by atoms with van der Waals surface area (Å²) in [6.45, 7) is 0.752. The lowest BCUT2D eigenvalue weighted by molar-refractivity contribution is 0.0950. The van der Waals surface area contributed by atoms with Gasteiger partial charge in [-0.15, -0.1) is 0 Å². The quantitative estimate of drug-likeness (QED) is 0.551. The number of sulfonamides is 1. The summed E-state index contributed by atoms with van der Waals surface area (Å²) in [6, 6.07) is 21.5. The molecule has 0 spiro atoms. The van der Waals surface area contributed by atoms with Crippen LogP contribution in [0.4, 0.5) is 0 Å². The molecule has 0 saturated heterocycles. The Morgan fingerprint density at radius 2 is 1.61 bits per heavy atom. The zero-order chi connectivity index (χ0) is 22.4. The van der Waals surface area contributed by atoms with E-state index < -0.39 is 10.0 Å². The van der Waals surface area contributed by atoms with E-state index in [0.29, 0.717) is 13.2 Å². The maximum absolute atomic E-state index is 12.5. The molecule has 3 rings (SSSR count). The molecule has 3 aromatic carbocycles. The Kier molecular flexibility index (Phi) is 7.33. The van der Waals surface area contributed by atoms with Gasteiger partial charge in [-0.1, -0.05) is 54.1 Å². The first-order valence-corrected chi connectivity index (χ1v) is 11.3. The van der Waals surface area contributed by atoms with Crippen molar-refractivity contribution in [3.8, 4) is 5.75 Å². The molecule has 0 heterocycles. The zero-order valence-corrected chi connectivity index (χ0v) is 18.8. The highest BCUT2D eigenvalue weighted by Crippen LogP contribution is 2.24. The number of hydrogen-bond donors (Lipinski definition) is 1. The fraction of sp³-hybridized carbons (Fsp3) is 0.174. The highest BCUT2D eigenvalue weighted by molar-refractivity contribution is 7.89. The Labute approximate surface area is 187 Å². The van der Waals surface area contributed by atoms with Gasteiger partial charge in [-0.3, -0.25) is 4.79 Å². The Bertz CT molecular complexity index is 1150. The first-order chi connectivity index (χ1) is 14.8. The number of amides is 1. The smallest absolute Gasteiger partial charge is 0.251 e.